The zero-order valence-electron chi connectivity index (χ0n) is 19.2. The molecule has 2 aromatic rings. The Morgan fingerprint density at radius 2 is 1.36 bits per heavy atom. The molecule has 1 heterocycles. The third-order valence-corrected chi connectivity index (χ3v) is 8.16. The van der Waals surface area contributed by atoms with Gasteiger partial charge in [-0.2, -0.15) is 5.11 Å². The van der Waals surface area contributed by atoms with Crippen LogP contribution in [0, 0.1) is 11.8 Å². The Bertz CT molecular complexity index is 1040. The lowest BCUT2D eigenvalue weighted by atomic mass is 9.73. The second-order valence-electron chi connectivity index (χ2n) is 9.52. The molecule has 0 bridgehead atoms. The Morgan fingerprint density at radius 3 is 1.91 bits per heavy atom. The SMILES string of the molecule is O=C1C(C2CCCCC2)=CC(=C(N=Nc2ccccc2)c2cccs2)C=C1C1CCCCC1. The van der Waals surface area contributed by atoms with Gasteiger partial charge in [0.05, 0.1) is 10.6 Å². The van der Waals surface area contributed by atoms with Crippen molar-refractivity contribution in [2.45, 2.75) is 64.2 Å². The van der Waals surface area contributed by atoms with E-state index in [1.165, 1.54) is 38.5 Å². The van der Waals surface area contributed by atoms with E-state index in [1.807, 2.05) is 30.3 Å². The fourth-order valence-electron chi connectivity index (χ4n) is 5.51. The van der Waals surface area contributed by atoms with Gasteiger partial charge in [0.1, 0.15) is 5.70 Å². The van der Waals surface area contributed by atoms with Crippen molar-refractivity contribution in [2.75, 3.05) is 0 Å². The van der Waals surface area contributed by atoms with E-state index in [0.29, 0.717) is 17.6 Å². The molecule has 2 fully saturated rings. The molecule has 0 radical (unpaired) electrons. The van der Waals surface area contributed by atoms with Gasteiger partial charge < -0.3 is 0 Å². The number of azo groups is 1. The van der Waals surface area contributed by atoms with Gasteiger partial charge in [-0.3, -0.25) is 4.79 Å². The molecule has 0 atom stereocenters. The van der Waals surface area contributed by atoms with Crippen LogP contribution in [-0.4, -0.2) is 5.78 Å². The summed E-state index contributed by atoms with van der Waals surface area (Å²) in [5, 5.41) is 11.4. The molecule has 0 N–H and O–H groups in total. The highest BCUT2D eigenvalue weighted by Gasteiger charge is 2.32. The molecule has 1 aromatic carbocycles. The van der Waals surface area contributed by atoms with E-state index in [-0.39, 0.29) is 0 Å². The summed E-state index contributed by atoms with van der Waals surface area (Å²) in [6.07, 6.45) is 16.3. The second kappa shape index (κ2) is 10.6. The molecule has 3 aliphatic rings. The summed E-state index contributed by atoms with van der Waals surface area (Å²) in [4.78, 5) is 14.8. The van der Waals surface area contributed by atoms with Crippen LogP contribution in [0.3, 0.4) is 0 Å². The first-order valence-electron chi connectivity index (χ1n) is 12.5. The molecule has 4 heteroatoms. The van der Waals surface area contributed by atoms with E-state index in [0.717, 1.165) is 58.7 Å². The molecule has 0 aliphatic heterocycles. The molecule has 170 valence electrons. The minimum absolute atomic E-state index is 0.308. The number of carbonyl (C=O) groups is 1. The van der Waals surface area contributed by atoms with Crippen molar-refractivity contribution >= 4 is 28.5 Å². The zero-order valence-corrected chi connectivity index (χ0v) is 20.0. The number of benzene rings is 1. The summed E-state index contributed by atoms with van der Waals surface area (Å²) in [5.74, 6) is 1.07. The quantitative estimate of drug-likeness (QED) is 0.414. The first-order chi connectivity index (χ1) is 16.3. The molecule has 3 nitrogen and oxygen atoms in total. The number of ketones is 1. The molecular formula is C29H32N2OS. The smallest absolute Gasteiger partial charge is 0.185 e. The van der Waals surface area contributed by atoms with E-state index >= 15 is 0 Å². The second-order valence-corrected chi connectivity index (χ2v) is 10.5. The van der Waals surface area contributed by atoms with Crippen LogP contribution in [0.2, 0.25) is 0 Å². The Kier molecular flexibility index (Phi) is 7.11. The Balaban J connectivity index is 1.61. The normalized spacial score (nSPS) is 20.7. The van der Waals surface area contributed by atoms with E-state index in [9.17, 15) is 4.79 Å². The Hall–Kier alpha value is -2.59. The molecule has 0 amide bonds. The van der Waals surface area contributed by atoms with Crippen LogP contribution in [0.5, 0.6) is 0 Å². The predicted molar refractivity (Wildman–Crippen MR) is 137 cm³/mol. The Labute approximate surface area is 201 Å². The zero-order chi connectivity index (χ0) is 22.5. The number of allylic oxidation sites excluding steroid dienone is 5. The number of thiophene rings is 1. The summed E-state index contributed by atoms with van der Waals surface area (Å²) in [6, 6.07) is 14.1. The van der Waals surface area contributed by atoms with Crippen LogP contribution < -0.4 is 0 Å². The van der Waals surface area contributed by atoms with Gasteiger partial charge in [-0.25, -0.2) is 0 Å². The van der Waals surface area contributed by atoms with Crippen LogP contribution in [0.25, 0.3) is 5.70 Å². The lowest BCUT2D eigenvalue weighted by Crippen LogP contribution is -2.25. The molecular weight excluding hydrogens is 424 g/mol. The minimum Gasteiger partial charge on any atom is -0.289 e. The van der Waals surface area contributed by atoms with Crippen LogP contribution in [0.15, 0.2) is 86.9 Å². The van der Waals surface area contributed by atoms with Gasteiger partial charge in [-0.1, -0.05) is 62.8 Å². The summed E-state index contributed by atoms with van der Waals surface area (Å²) in [5.41, 5.74) is 4.82. The van der Waals surface area contributed by atoms with Crippen LogP contribution in [0.1, 0.15) is 69.1 Å². The highest BCUT2D eigenvalue weighted by Crippen LogP contribution is 2.41. The van der Waals surface area contributed by atoms with E-state index in [2.05, 4.69) is 34.8 Å². The molecule has 3 aliphatic carbocycles. The first kappa shape index (κ1) is 22.2. The number of Topliss-reactive ketones (excluding diaryl/α,β-unsaturated/α-hetero) is 1. The van der Waals surface area contributed by atoms with Gasteiger partial charge in [-0.05, 0) is 73.3 Å². The summed E-state index contributed by atoms with van der Waals surface area (Å²) >= 11 is 1.68. The van der Waals surface area contributed by atoms with Crippen LogP contribution >= 0.6 is 11.3 Å². The van der Waals surface area contributed by atoms with Crippen molar-refractivity contribution in [3.63, 3.8) is 0 Å². The number of rotatable bonds is 5. The highest BCUT2D eigenvalue weighted by molar-refractivity contribution is 7.11. The van der Waals surface area contributed by atoms with Gasteiger partial charge >= 0.3 is 0 Å². The van der Waals surface area contributed by atoms with Crippen LogP contribution in [0.4, 0.5) is 5.69 Å². The maximum Gasteiger partial charge on any atom is 0.185 e. The average Bonchev–Trinajstić information content (AvgIpc) is 3.41. The molecule has 1 aromatic heterocycles. The van der Waals surface area contributed by atoms with E-state index in [1.54, 1.807) is 11.3 Å². The van der Waals surface area contributed by atoms with Crippen molar-refractivity contribution < 1.29 is 4.79 Å². The highest BCUT2D eigenvalue weighted by atomic mass is 32.1. The van der Waals surface area contributed by atoms with Crippen molar-refractivity contribution in [3.05, 3.63) is 81.6 Å². The monoisotopic (exact) mass is 456 g/mol. The van der Waals surface area contributed by atoms with Gasteiger partial charge in [-0.15, -0.1) is 16.5 Å². The molecule has 0 spiro atoms. The lowest BCUT2D eigenvalue weighted by molar-refractivity contribution is -0.113. The summed E-state index contributed by atoms with van der Waals surface area (Å²) < 4.78 is 0. The van der Waals surface area contributed by atoms with Gasteiger partial charge in [0.25, 0.3) is 0 Å². The Morgan fingerprint density at radius 1 is 0.758 bits per heavy atom. The number of nitrogens with zero attached hydrogens (tertiary/aromatic N) is 2. The van der Waals surface area contributed by atoms with Crippen molar-refractivity contribution in [2.24, 2.45) is 22.1 Å². The van der Waals surface area contributed by atoms with Gasteiger partial charge in [0.15, 0.2) is 5.78 Å². The third kappa shape index (κ3) is 5.16. The third-order valence-electron chi connectivity index (χ3n) is 7.29. The number of hydrogen-bond donors (Lipinski definition) is 0. The number of hydrogen-bond acceptors (Lipinski definition) is 4. The van der Waals surface area contributed by atoms with Crippen molar-refractivity contribution in [3.8, 4) is 0 Å². The molecule has 33 heavy (non-hydrogen) atoms. The van der Waals surface area contributed by atoms with Crippen LogP contribution in [-0.2, 0) is 4.79 Å². The molecule has 5 rings (SSSR count). The molecule has 0 saturated heterocycles. The molecule has 2 saturated carbocycles. The largest absolute Gasteiger partial charge is 0.289 e. The topological polar surface area (TPSA) is 41.8 Å². The van der Waals surface area contributed by atoms with Gasteiger partial charge in [0.2, 0.25) is 0 Å². The summed E-state index contributed by atoms with van der Waals surface area (Å²) in [6.45, 7) is 0. The first-order valence-corrected chi connectivity index (χ1v) is 13.4. The fraction of sp³-hybridized carbons (Fsp3) is 0.414. The number of carbonyl (C=O) groups excluding carboxylic acids is 1. The maximum absolute atomic E-state index is 13.7. The van der Waals surface area contributed by atoms with Crippen molar-refractivity contribution in [1.82, 2.24) is 0 Å². The van der Waals surface area contributed by atoms with E-state index < -0.39 is 0 Å². The average molecular weight is 457 g/mol. The minimum atomic E-state index is 0.308. The predicted octanol–water partition coefficient (Wildman–Crippen LogP) is 8.84. The standard InChI is InChI=1S/C29H32N2OS/c32-29-25(21-11-4-1-5-12-21)19-23(20-26(29)22-13-6-2-7-14-22)28(27-17-10-18-33-27)31-30-24-15-8-3-9-16-24/h3,8-10,15-22H,1-2,4-7,11-14H2. The van der Waals surface area contributed by atoms with E-state index in [4.69, 9.17) is 5.11 Å². The molecule has 0 unspecified atom stereocenters. The lowest BCUT2D eigenvalue weighted by Gasteiger charge is -2.31. The maximum atomic E-state index is 13.7. The summed E-state index contributed by atoms with van der Waals surface area (Å²) in [7, 11) is 0. The fourth-order valence-corrected chi connectivity index (χ4v) is 6.24. The van der Waals surface area contributed by atoms with Gasteiger partial charge in [0, 0.05) is 16.7 Å². The van der Waals surface area contributed by atoms with Crippen molar-refractivity contribution in [1.29, 1.82) is 0 Å².